The van der Waals surface area contributed by atoms with E-state index in [0.29, 0.717) is 24.2 Å². The maximum absolute atomic E-state index is 13.0. The number of likely N-dealkylation sites (N-methyl/N-ethyl adjacent to an activating group) is 1. The van der Waals surface area contributed by atoms with E-state index in [-0.39, 0.29) is 24.6 Å². The molecule has 0 aliphatic carbocycles. The van der Waals surface area contributed by atoms with Gasteiger partial charge < -0.3 is 19.0 Å². The first kappa shape index (κ1) is 22.5. The maximum atomic E-state index is 13.0. The maximum Gasteiger partial charge on any atom is 0.326 e. The summed E-state index contributed by atoms with van der Waals surface area (Å²) in [6.45, 7) is 5.73. The monoisotopic (exact) mass is 428 g/mol. The summed E-state index contributed by atoms with van der Waals surface area (Å²) >= 11 is 0. The molecule has 9 nitrogen and oxygen atoms in total. The van der Waals surface area contributed by atoms with Crippen LogP contribution in [0.15, 0.2) is 39.8 Å². The minimum atomic E-state index is -0.652. The number of carbonyl (C=O) groups is 2. The molecule has 0 fully saturated rings. The normalized spacial score (nSPS) is 11.9. The molecule has 0 saturated carbocycles. The molecule has 0 aliphatic heterocycles. The Hall–Kier alpha value is -3.20. The van der Waals surface area contributed by atoms with Crippen molar-refractivity contribution in [1.29, 1.82) is 0 Å². The summed E-state index contributed by atoms with van der Waals surface area (Å²) in [7, 11) is 3.75. The first-order valence-electron chi connectivity index (χ1n) is 10.1. The van der Waals surface area contributed by atoms with Crippen LogP contribution in [0, 0.1) is 0 Å². The van der Waals surface area contributed by atoms with Crippen LogP contribution in [0.2, 0.25) is 0 Å². The molecule has 0 atom stereocenters. The van der Waals surface area contributed by atoms with Gasteiger partial charge in [0, 0.05) is 18.5 Å². The van der Waals surface area contributed by atoms with Crippen LogP contribution >= 0.6 is 0 Å². The average Bonchev–Trinajstić information content (AvgIpc) is 3.05. The summed E-state index contributed by atoms with van der Waals surface area (Å²) in [6, 6.07) is 7.24. The number of nitrogens with zero attached hydrogens (tertiary/aromatic N) is 4. The lowest BCUT2D eigenvalue weighted by molar-refractivity contribution is -0.159. The van der Waals surface area contributed by atoms with Gasteiger partial charge >= 0.3 is 5.97 Å². The third-order valence-corrected chi connectivity index (χ3v) is 4.57. The molecule has 1 aromatic carbocycles. The Bertz CT molecular complexity index is 1160. The van der Waals surface area contributed by atoms with Gasteiger partial charge in [-0.1, -0.05) is 12.1 Å². The minimum Gasteiger partial charge on any atom is -0.459 e. The van der Waals surface area contributed by atoms with E-state index in [1.165, 1.54) is 15.8 Å². The molecule has 31 heavy (non-hydrogen) atoms. The number of ether oxygens (including phenoxy) is 1. The summed E-state index contributed by atoms with van der Waals surface area (Å²) in [5.74, 6) is -0.884. The van der Waals surface area contributed by atoms with Gasteiger partial charge in [0.25, 0.3) is 5.56 Å². The van der Waals surface area contributed by atoms with Gasteiger partial charge in [-0.05, 0) is 47.0 Å². The van der Waals surface area contributed by atoms with Crippen molar-refractivity contribution < 1.29 is 18.7 Å². The number of para-hydroxylation sites is 1. The second-order valence-electron chi connectivity index (χ2n) is 8.66. The van der Waals surface area contributed by atoms with Crippen LogP contribution in [-0.2, 0) is 20.9 Å². The predicted molar refractivity (Wildman–Crippen MR) is 117 cm³/mol. The fourth-order valence-electron chi connectivity index (χ4n) is 3.12. The summed E-state index contributed by atoms with van der Waals surface area (Å²) in [5.41, 5.74) is 0.0228. The van der Waals surface area contributed by atoms with E-state index in [9.17, 15) is 14.4 Å². The van der Waals surface area contributed by atoms with Crippen molar-refractivity contribution in [3.05, 3.63) is 40.9 Å². The van der Waals surface area contributed by atoms with Crippen molar-refractivity contribution in [2.24, 2.45) is 0 Å². The third-order valence-electron chi connectivity index (χ3n) is 4.57. The third kappa shape index (κ3) is 5.49. The first-order chi connectivity index (χ1) is 14.5. The number of esters is 1. The highest BCUT2D eigenvalue weighted by Gasteiger charge is 2.23. The van der Waals surface area contributed by atoms with Crippen molar-refractivity contribution in [1.82, 2.24) is 19.4 Å². The van der Waals surface area contributed by atoms with Crippen molar-refractivity contribution in [3.63, 3.8) is 0 Å². The van der Waals surface area contributed by atoms with Crippen LogP contribution in [0.3, 0.4) is 0 Å². The van der Waals surface area contributed by atoms with Gasteiger partial charge in [-0.25, -0.2) is 4.98 Å². The molecule has 0 radical (unpaired) electrons. The molecule has 0 aliphatic rings. The first-order valence-corrected chi connectivity index (χ1v) is 10.1. The molecule has 1 amide bonds. The van der Waals surface area contributed by atoms with Gasteiger partial charge in [0.05, 0.1) is 6.33 Å². The van der Waals surface area contributed by atoms with Gasteiger partial charge in [0.1, 0.15) is 29.8 Å². The number of hydrogen-bond acceptors (Lipinski definition) is 7. The number of hydrogen-bond donors (Lipinski definition) is 0. The lowest BCUT2D eigenvalue weighted by Gasteiger charge is -2.26. The number of carbonyl (C=O) groups excluding carboxylic acids is 2. The van der Waals surface area contributed by atoms with E-state index in [2.05, 4.69) is 4.98 Å². The van der Waals surface area contributed by atoms with E-state index in [0.717, 1.165) is 5.39 Å². The molecule has 3 rings (SSSR count). The number of benzene rings is 1. The standard InChI is InChI=1S/C22H28N4O5/c1-22(2,3)31-18(28)13-25(11-10-24(4)5)17(27)12-26-14-23-19-15-8-6-7-9-16(15)30-20(19)21(26)29/h6-9,14H,10-13H2,1-5H3. The van der Waals surface area contributed by atoms with Crippen molar-refractivity contribution >= 4 is 33.9 Å². The lowest BCUT2D eigenvalue weighted by Crippen LogP contribution is -2.44. The van der Waals surface area contributed by atoms with Gasteiger partial charge in [0.15, 0.2) is 0 Å². The summed E-state index contributed by atoms with van der Waals surface area (Å²) in [4.78, 5) is 45.8. The number of fused-ring (bicyclic) bond motifs is 3. The second kappa shape index (κ2) is 8.89. The Labute approximate surface area is 180 Å². The fraction of sp³-hybridized carbons (Fsp3) is 0.455. The zero-order valence-electron chi connectivity index (χ0n) is 18.5. The Balaban J connectivity index is 1.83. The zero-order chi connectivity index (χ0) is 22.8. The number of rotatable bonds is 7. The second-order valence-corrected chi connectivity index (χ2v) is 8.66. The molecular formula is C22H28N4O5. The number of amides is 1. The highest BCUT2D eigenvalue weighted by Crippen LogP contribution is 2.24. The van der Waals surface area contributed by atoms with Crippen LogP contribution < -0.4 is 5.56 Å². The molecule has 0 saturated heterocycles. The largest absolute Gasteiger partial charge is 0.459 e. The van der Waals surface area contributed by atoms with E-state index < -0.39 is 17.1 Å². The Morgan fingerprint density at radius 1 is 1.16 bits per heavy atom. The van der Waals surface area contributed by atoms with E-state index in [1.807, 2.05) is 37.2 Å². The van der Waals surface area contributed by atoms with Gasteiger partial charge in [-0.3, -0.25) is 19.0 Å². The van der Waals surface area contributed by atoms with E-state index >= 15 is 0 Å². The Morgan fingerprint density at radius 3 is 2.55 bits per heavy atom. The molecule has 0 bridgehead atoms. The van der Waals surface area contributed by atoms with Crippen molar-refractivity contribution in [2.75, 3.05) is 33.7 Å². The molecule has 9 heteroatoms. The van der Waals surface area contributed by atoms with Crippen LogP contribution in [-0.4, -0.2) is 70.6 Å². The quantitative estimate of drug-likeness (QED) is 0.530. The average molecular weight is 428 g/mol. The molecule has 3 aromatic rings. The fourth-order valence-corrected chi connectivity index (χ4v) is 3.12. The SMILES string of the molecule is CN(C)CCN(CC(=O)OC(C)(C)C)C(=O)Cn1cnc2c(oc3ccccc32)c1=O. The molecule has 166 valence electrons. The Morgan fingerprint density at radius 2 is 1.87 bits per heavy atom. The zero-order valence-corrected chi connectivity index (χ0v) is 18.5. The van der Waals surface area contributed by atoms with Crippen LogP contribution in [0.5, 0.6) is 0 Å². The van der Waals surface area contributed by atoms with Crippen LogP contribution in [0.1, 0.15) is 20.8 Å². The van der Waals surface area contributed by atoms with Gasteiger partial charge in [-0.2, -0.15) is 0 Å². The van der Waals surface area contributed by atoms with E-state index in [1.54, 1.807) is 26.8 Å². The van der Waals surface area contributed by atoms with Gasteiger partial charge in [0.2, 0.25) is 11.5 Å². The van der Waals surface area contributed by atoms with Crippen molar-refractivity contribution in [3.8, 4) is 0 Å². The van der Waals surface area contributed by atoms with E-state index in [4.69, 9.17) is 9.15 Å². The number of furan rings is 1. The predicted octanol–water partition coefficient (Wildman–Crippen LogP) is 1.87. The molecule has 0 N–H and O–H groups in total. The van der Waals surface area contributed by atoms with Crippen LogP contribution in [0.25, 0.3) is 22.1 Å². The van der Waals surface area contributed by atoms with Crippen LogP contribution in [0.4, 0.5) is 0 Å². The summed E-state index contributed by atoms with van der Waals surface area (Å²) in [6.07, 6.45) is 1.34. The molecule has 2 aromatic heterocycles. The highest BCUT2D eigenvalue weighted by molar-refractivity contribution is 6.01. The molecule has 0 unspecified atom stereocenters. The molecule has 2 heterocycles. The summed E-state index contributed by atoms with van der Waals surface area (Å²) in [5, 5.41) is 0.741. The topological polar surface area (TPSA) is 97.9 Å². The minimum absolute atomic E-state index is 0.100. The highest BCUT2D eigenvalue weighted by atomic mass is 16.6. The molecule has 0 spiro atoms. The Kier molecular flexibility index (Phi) is 6.45. The molecular weight excluding hydrogens is 400 g/mol. The smallest absolute Gasteiger partial charge is 0.326 e. The number of aromatic nitrogens is 2. The van der Waals surface area contributed by atoms with Gasteiger partial charge in [-0.15, -0.1) is 0 Å². The van der Waals surface area contributed by atoms with Crippen molar-refractivity contribution in [2.45, 2.75) is 32.9 Å². The summed E-state index contributed by atoms with van der Waals surface area (Å²) < 4.78 is 12.2. The lowest BCUT2D eigenvalue weighted by atomic mass is 10.2.